The fourth-order valence-electron chi connectivity index (χ4n) is 0.973. The minimum atomic E-state index is -1.06. The summed E-state index contributed by atoms with van der Waals surface area (Å²) in [6.07, 6.45) is 3.01. The van der Waals surface area contributed by atoms with Crippen LogP contribution in [0.3, 0.4) is 0 Å². The predicted octanol–water partition coefficient (Wildman–Crippen LogP) is 0.723. The predicted molar refractivity (Wildman–Crippen MR) is 44.3 cm³/mol. The Morgan fingerprint density at radius 3 is 2.77 bits per heavy atom. The van der Waals surface area contributed by atoms with E-state index in [0.717, 1.165) is 0 Å². The number of hydrogen-bond acceptors (Lipinski definition) is 4. The van der Waals surface area contributed by atoms with E-state index in [1.54, 1.807) is 6.07 Å². The largest absolute Gasteiger partial charge is 0.477 e. The molecule has 5 heteroatoms. The average molecular weight is 175 g/mol. The molecular weight excluding hydrogens is 170 g/mol. The number of rotatable bonds is 1. The molecule has 13 heavy (non-hydrogen) atoms. The van der Waals surface area contributed by atoms with Gasteiger partial charge in [-0.05, 0) is 12.1 Å². The van der Waals surface area contributed by atoms with Crippen molar-refractivity contribution in [3.63, 3.8) is 0 Å². The second-order valence-corrected chi connectivity index (χ2v) is 2.40. The van der Waals surface area contributed by atoms with Crippen LogP contribution in [0.4, 0.5) is 0 Å². The van der Waals surface area contributed by atoms with Gasteiger partial charge in [0.1, 0.15) is 5.52 Å². The Bertz CT molecular complexity index is 470. The van der Waals surface area contributed by atoms with Crippen molar-refractivity contribution in [2.24, 2.45) is 0 Å². The number of pyridine rings is 1. The number of fused-ring (bicyclic) bond motifs is 1. The van der Waals surface area contributed by atoms with Crippen LogP contribution < -0.4 is 0 Å². The van der Waals surface area contributed by atoms with E-state index >= 15 is 0 Å². The third kappa shape index (κ3) is 1.31. The minimum absolute atomic E-state index is 0.0204. The summed E-state index contributed by atoms with van der Waals surface area (Å²) >= 11 is 0. The van der Waals surface area contributed by atoms with Crippen LogP contribution in [0.25, 0.3) is 11.2 Å². The van der Waals surface area contributed by atoms with Crippen LogP contribution in [-0.4, -0.2) is 26.0 Å². The monoisotopic (exact) mass is 175 g/mol. The lowest BCUT2D eigenvalue weighted by atomic mass is 10.3. The van der Waals surface area contributed by atoms with Gasteiger partial charge in [0.15, 0.2) is 11.3 Å². The summed E-state index contributed by atoms with van der Waals surface area (Å²) in [4.78, 5) is 22.2. The van der Waals surface area contributed by atoms with Gasteiger partial charge < -0.3 is 5.11 Å². The number of carbonyl (C=O) groups is 1. The van der Waals surface area contributed by atoms with Gasteiger partial charge in [0.05, 0.1) is 0 Å². The SMILES string of the molecule is O=C(O)c1ccc2nccnc2n1. The van der Waals surface area contributed by atoms with Crippen LogP contribution in [0.15, 0.2) is 24.5 Å². The molecule has 2 rings (SSSR count). The van der Waals surface area contributed by atoms with Crippen LogP contribution >= 0.6 is 0 Å². The molecule has 0 atom stereocenters. The Hall–Kier alpha value is -2.04. The highest BCUT2D eigenvalue weighted by atomic mass is 16.4. The second-order valence-electron chi connectivity index (χ2n) is 2.40. The van der Waals surface area contributed by atoms with Crippen molar-refractivity contribution in [3.8, 4) is 0 Å². The number of nitrogens with zero attached hydrogens (tertiary/aromatic N) is 3. The van der Waals surface area contributed by atoms with E-state index in [-0.39, 0.29) is 5.69 Å². The van der Waals surface area contributed by atoms with Crippen LogP contribution in [-0.2, 0) is 0 Å². The van der Waals surface area contributed by atoms with Crippen molar-refractivity contribution in [3.05, 3.63) is 30.2 Å². The number of aromatic nitrogens is 3. The third-order valence-corrected chi connectivity index (χ3v) is 1.55. The molecule has 0 saturated carbocycles. The summed E-state index contributed by atoms with van der Waals surface area (Å²) in [5.41, 5.74) is 0.919. The lowest BCUT2D eigenvalue weighted by molar-refractivity contribution is 0.0691. The first kappa shape index (κ1) is 7.60. The first-order valence-electron chi connectivity index (χ1n) is 3.58. The molecule has 2 heterocycles. The third-order valence-electron chi connectivity index (χ3n) is 1.55. The molecule has 0 aliphatic rings. The fourth-order valence-corrected chi connectivity index (χ4v) is 0.973. The van der Waals surface area contributed by atoms with Crippen LogP contribution in [0.1, 0.15) is 10.5 Å². The number of carboxylic acids is 1. The summed E-state index contributed by atoms with van der Waals surface area (Å²) in [5, 5.41) is 8.63. The van der Waals surface area contributed by atoms with Gasteiger partial charge in [-0.3, -0.25) is 4.98 Å². The standard InChI is InChI=1S/C8H5N3O2/c12-8(13)6-2-1-5-7(11-6)10-4-3-9-5/h1-4H,(H,12,13). The molecule has 0 radical (unpaired) electrons. The molecular formula is C8H5N3O2. The fraction of sp³-hybridized carbons (Fsp3) is 0. The van der Waals surface area contributed by atoms with Crippen LogP contribution in [0.5, 0.6) is 0 Å². The molecule has 1 N–H and O–H groups in total. The summed E-state index contributed by atoms with van der Waals surface area (Å²) in [5.74, 6) is -1.06. The molecule has 0 aromatic carbocycles. The van der Waals surface area contributed by atoms with Gasteiger partial charge in [0.2, 0.25) is 0 Å². The maximum Gasteiger partial charge on any atom is 0.354 e. The van der Waals surface area contributed by atoms with Crippen molar-refractivity contribution >= 4 is 17.1 Å². The van der Waals surface area contributed by atoms with Gasteiger partial charge in [-0.2, -0.15) is 0 Å². The van der Waals surface area contributed by atoms with Gasteiger partial charge in [-0.25, -0.2) is 14.8 Å². The van der Waals surface area contributed by atoms with E-state index in [2.05, 4.69) is 15.0 Å². The Kier molecular flexibility index (Phi) is 1.63. The first-order chi connectivity index (χ1) is 6.27. The molecule has 0 spiro atoms. The number of aromatic carboxylic acids is 1. The summed E-state index contributed by atoms with van der Waals surface area (Å²) in [7, 11) is 0. The molecule has 0 bridgehead atoms. The van der Waals surface area contributed by atoms with E-state index in [1.165, 1.54) is 18.5 Å². The number of hydrogen-bond donors (Lipinski definition) is 1. The summed E-state index contributed by atoms with van der Waals surface area (Å²) in [6, 6.07) is 2.98. The normalized spacial score (nSPS) is 10.2. The lowest BCUT2D eigenvalue weighted by Gasteiger charge is -1.95. The molecule has 2 aromatic heterocycles. The van der Waals surface area contributed by atoms with E-state index in [0.29, 0.717) is 11.2 Å². The van der Waals surface area contributed by atoms with Gasteiger partial charge in [0, 0.05) is 12.4 Å². The Morgan fingerprint density at radius 1 is 1.23 bits per heavy atom. The van der Waals surface area contributed by atoms with Crippen LogP contribution in [0.2, 0.25) is 0 Å². The molecule has 64 valence electrons. The summed E-state index contributed by atoms with van der Waals surface area (Å²) < 4.78 is 0. The van der Waals surface area contributed by atoms with Crippen molar-refractivity contribution in [2.75, 3.05) is 0 Å². The van der Waals surface area contributed by atoms with Crippen molar-refractivity contribution in [2.45, 2.75) is 0 Å². The van der Waals surface area contributed by atoms with E-state index < -0.39 is 5.97 Å². The smallest absolute Gasteiger partial charge is 0.354 e. The maximum absolute atomic E-state index is 10.5. The maximum atomic E-state index is 10.5. The minimum Gasteiger partial charge on any atom is -0.477 e. The zero-order valence-corrected chi connectivity index (χ0v) is 6.51. The van der Waals surface area contributed by atoms with Gasteiger partial charge >= 0.3 is 5.97 Å². The summed E-state index contributed by atoms with van der Waals surface area (Å²) in [6.45, 7) is 0. The molecule has 0 amide bonds. The van der Waals surface area contributed by atoms with Crippen LogP contribution in [0, 0.1) is 0 Å². The Balaban J connectivity index is 2.69. The lowest BCUT2D eigenvalue weighted by Crippen LogP contribution is -2.00. The zero-order chi connectivity index (χ0) is 9.26. The average Bonchev–Trinajstić information content (AvgIpc) is 2.17. The van der Waals surface area contributed by atoms with E-state index in [9.17, 15) is 4.79 Å². The second kappa shape index (κ2) is 2.78. The zero-order valence-electron chi connectivity index (χ0n) is 6.51. The Labute approximate surface area is 73.1 Å². The van der Waals surface area contributed by atoms with Crippen molar-refractivity contribution < 1.29 is 9.90 Å². The first-order valence-corrected chi connectivity index (χ1v) is 3.58. The quantitative estimate of drug-likeness (QED) is 0.691. The Morgan fingerprint density at radius 2 is 2.00 bits per heavy atom. The van der Waals surface area contributed by atoms with Crippen molar-refractivity contribution in [1.82, 2.24) is 15.0 Å². The molecule has 0 aliphatic heterocycles. The van der Waals surface area contributed by atoms with Gasteiger partial charge in [-0.15, -0.1) is 0 Å². The molecule has 0 aliphatic carbocycles. The van der Waals surface area contributed by atoms with E-state index in [4.69, 9.17) is 5.11 Å². The highest BCUT2D eigenvalue weighted by Crippen LogP contribution is 2.05. The topological polar surface area (TPSA) is 76.0 Å². The molecule has 0 saturated heterocycles. The highest BCUT2D eigenvalue weighted by Gasteiger charge is 2.05. The molecule has 0 unspecified atom stereocenters. The molecule has 5 nitrogen and oxygen atoms in total. The highest BCUT2D eigenvalue weighted by molar-refractivity contribution is 5.87. The van der Waals surface area contributed by atoms with Gasteiger partial charge in [0.25, 0.3) is 0 Å². The molecule has 2 aromatic rings. The van der Waals surface area contributed by atoms with Gasteiger partial charge in [-0.1, -0.05) is 0 Å². The van der Waals surface area contributed by atoms with E-state index in [1.807, 2.05) is 0 Å². The molecule has 0 fully saturated rings. The van der Waals surface area contributed by atoms with Crippen molar-refractivity contribution in [1.29, 1.82) is 0 Å². The number of carboxylic acid groups (broad SMARTS) is 1.